The van der Waals surface area contributed by atoms with Crippen LogP contribution in [0.1, 0.15) is 23.3 Å². The van der Waals surface area contributed by atoms with Crippen molar-refractivity contribution in [3.8, 4) is 0 Å². The molecule has 4 nitrogen and oxygen atoms in total. The Morgan fingerprint density at radius 3 is 2.94 bits per heavy atom. The van der Waals surface area contributed by atoms with Gasteiger partial charge in [0.15, 0.2) is 0 Å². The average Bonchev–Trinajstić information content (AvgIpc) is 3.10. The Balaban J connectivity index is 0.00000144. The molecule has 94 valence electrons. The van der Waals surface area contributed by atoms with Gasteiger partial charge >= 0.3 is 0 Å². The van der Waals surface area contributed by atoms with Gasteiger partial charge in [-0.15, -0.1) is 12.4 Å². The summed E-state index contributed by atoms with van der Waals surface area (Å²) in [5, 5.41) is 2.80. The van der Waals surface area contributed by atoms with Gasteiger partial charge in [-0.2, -0.15) is 0 Å². The van der Waals surface area contributed by atoms with Gasteiger partial charge in [-0.3, -0.25) is 4.79 Å². The van der Waals surface area contributed by atoms with Crippen molar-refractivity contribution < 1.29 is 4.79 Å². The molecule has 2 rings (SSSR count). The van der Waals surface area contributed by atoms with Crippen LogP contribution >= 0.6 is 28.3 Å². The molecule has 0 radical (unpaired) electrons. The van der Waals surface area contributed by atoms with Gasteiger partial charge in [0.25, 0.3) is 5.91 Å². The van der Waals surface area contributed by atoms with Crippen LogP contribution in [0.3, 0.4) is 0 Å². The second-order valence-electron chi connectivity index (χ2n) is 4.05. The molecule has 1 amide bonds. The van der Waals surface area contributed by atoms with E-state index >= 15 is 0 Å². The van der Waals surface area contributed by atoms with Gasteiger partial charge in [-0.25, -0.2) is 4.98 Å². The van der Waals surface area contributed by atoms with Crippen molar-refractivity contribution in [2.45, 2.75) is 18.9 Å². The quantitative estimate of drug-likeness (QED) is 0.888. The molecule has 1 heterocycles. The van der Waals surface area contributed by atoms with Crippen molar-refractivity contribution in [1.29, 1.82) is 0 Å². The maximum absolute atomic E-state index is 11.8. The number of carbonyl (C=O) groups excluding carboxylic acids is 1. The third kappa shape index (κ3) is 3.94. The standard InChI is InChI=1S/C11H14BrN3O.ClH/c12-8-2-1-5-14-10(8)11(16)15-6-9(13)7-3-4-7;/h1-2,5,7,9H,3-4,6,13H2,(H,15,16);1H. The molecular weight excluding hydrogens is 305 g/mol. The van der Waals surface area contributed by atoms with Gasteiger partial charge in [0.1, 0.15) is 5.69 Å². The molecule has 1 unspecified atom stereocenters. The SMILES string of the molecule is Cl.NC(CNC(=O)c1ncccc1Br)C1CC1. The molecule has 0 spiro atoms. The van der Waals surface area contributed by atoms with E-state index in [1.165, 1.54) is 12.8 Å². The minimum absolute atomic E-state index is 0. The van der Waals surface area contributed by atoms with Crippen molar-refractivity contribution >= 4 is 34.2 Å². The highest BCUT2D eigenvalue weighted by atomic mass is 79.9. The molecular formula is C11H15BrClN3O. The topological polar surface area (TPSA) is 68.0 Å². The molecule has 0 saturated heterocycles. The summed E-state index contributed by atoms with van der Waals surface area (Å²) in [6.07, 6.45) is 3.97. The Morgan fingerprint density at radius 1 is 1.65 bits per heavy atom. The smallest absolute Gasteiger partial charge is 0.271 e. The van der Waals surface area contributed by atoms with Gasteiger partial charge in [0, 0.05) is 23.3 Å². The lowest BCUT2D eigenvalue weighted by Crippen LogP contribution is -2.38. The van der Waals surface area contributed by atoms with Crippen LogP contribution < -0.4 is 11.1 Å². The van der Waals surface area contributed by atoms with Crippen LogP contribution in [-0.2, 0) is 0 Å². The number of pyridine rings is 1. The first kappa shape index (κ1) is 14.4. The lowest BCUT2D eigenvalue weighted by Gasteiger charge is -2.11. The fourth-order valence-electron chi connectivity index (χ4n) is 1.54. The maximum atomic E-state index is 11.8. The van der Waals surface area contributed by atoms with E-state index in [9.17, 15) is 4.79 Å². The van der Waals surface area contributed by atoms with E-state index in [0.29, 0.717) is 22.6 Å². The molecule has 0 aromatic carbocycles. The Bertz CT molecular complexity index is 398. The molecule has 1 aromatic rings. The predicted octanol–water partition coefficient (Wildman–Crippen LogP) is 1.73. The van der Waals surface area contributed by atoms with Crippen LogP contribution in [0.4, 0.5) is 0 Å². The Morgan fingerprint density at radius 2 is 2.35 bits per heavy atom. The van der Waals surface area contributed by atoms with Crippen LogP contribution in [-0.4, -0.2) is 23.5 Å². The fraction of sp³-hybridized carbons (Fsp3) is 0.455. The molecule has 1 aliphatic carbocycles. The zero-order valence-electron chi connectivity index (χ0n) is 9.23. The van der Waals surface area contributed by atoms with Gasteiger partial charge in [-0.1, -0.05) is 0 Å². The summed E-state index contributed by atoms with van der Waals surface area (Å²) in [5.74, 6) is 0.413. The first-order valence-electron chi connectivity index (χ1n) is 5.33. The third-order valence-corrected chi connectivity index (χ3v) is 3.34. The summed E-state index contributed by atoms with van der Waals surface area (Å²) in [6, 6.07) is 3.64. The number of rotatable bonds is 4. The third-order valence-electron chi connectivity index (χ3n) is 2.70. The van der Waals surface area contributed by atoms with Crippen LogP contribution in [0.2, 0.25) is 0 Å². The zero-order valence-corrected chi connectivity index (χ0v) is 11.6. The Kier molecular flexibility index (Phi) is 5.36. The van der Waals surface area contributed by atoms with Gasteiger partial charge in [0.2, 0.25) is 0 Å². The Hall–Kier alpha value is -0.650. The highest BCUT2D eigenvalue weighted by Gasteiger charge is 2.28. The van der Waals surface area contributed by atoms with Crippen LogP contribution in [0.25, 0.3) is 0 Å². The summed E-state index contributed by atoms with van der Waals surface area (Å²) in [6.45, 7) is 0.520. The van der Waals surface area contributed by atoms with E-state index < -0.39 is 0 Å². The maximum Gasteiger partial charge on any atom is 0.271 e. The normalized spacial score (nSPS) is 15.9. The first-order valence-corrected chi connectivity index (χ1v) is 6.12. The van der Waals surface area contributed by atoms with Gasteiger partial charge in [0.05, 0.1) is 0 Å². The minimum Gasteiger partial charge on any atom is -0.349 e. The number of carbonyl (C=O) groups is 1. The number of aromatic nitrogens is 1. The van der Waals surface area contributed by atoms with Crippen molar-refractivity contribution in [3.05, 3.63) is 28.5 Å². The second kappa shape index (κ2) is 6.33. The molecule has 6 heteroatoms. The molecule has 0 aliphatic heterocycles. The number of nitrogens with two attached hydrogens (primary N) is 1. The molecule has 1 fully saturated rings. The zero-order chi connectivity index (χ0) is 11.5. The van der Waals surface area contributed by atoms with Crippen LogP contribution in [0.15, 0.2) is 22.8 Å². The number of hydrogen-bond acceptors (Lipinski definition) is 3. The Labute approximate surface area is 115 Å². The lowest BCUT2D eigenvalue weighted by molar-refractivity contribution is 0.0944. The molecule has 17 heavy (non-hydrogen) atoms. The van der Waals surface area contributed by atoms with E-state index in [1.54, 1.807) is 18.3 Å². The van der Waals surface area contributed by atoms with Gasteiger partial charge < -0.3 is 11.1 Å². The summed E-state index contributed by atoms with van der Waals surface area (Å²) >= 11 is 3.29. The fourth-order valence-corrected chi connectivity index (χ4v) is 1.97. The summed E-state index contributed by atoms with van der Waals surface area (Å²) in [5.41, 5.74) is 6.30. The van der Waals surface area contributed by atoms with Gasteiger partial charge in [-0.05, 0) is 46.8 Å². The van der Waals surface area contributed by atoms with E-state index in [0.717, 1.165) is 0 Å². The predicted molar refractivity (Wildman–Crippen MR) is 72.2 cm³/mol. The van der Waals surface area contributed by atoms with Crippen LogP contribution in [0, 0.1) is 5.92 Å². The monoisotopic (exact) mass is 319 g/mol. The number of halogens is 2. The lowest BCUT2D eigenvalue weighted by atomic mass is 10.2. The largest absolute Gasteiger partial charge is 0.349 e. The highest BCUT2D eigenvalue weighted by Crippen LogP contribution is 2.31. The molecule has 1 saturated carbocycles. The van der Waals surface area contributed by atoms with E-state index in [-0.39, 0.29) is 24.4 Å². The van der Waals surface area contributed by atoms with Crippen molar-refractivity contribution in [3.63, 3.8) is 0 Å². The molecule has 1 aromatic heterocycles. The first-order chi connectivity index (χ1) is 7.68. The molecule has 3 N–H and O–H groups in total. The summed E-state index contributed by atoms with van der Waals surface area (Å²) in [4.78, 5) is 15.8. The summed E-state index contributed by atoms with van der Waals surface area (Å²) < 4.78 is 0.701. The molecule has 0 bridgehead atoms. The van der Waals surface area contributed by atoms with Crippen LogP contribution in [0.5, 0.6) is 0 Å². The van der Waals surface area contributed by atoms with Crippen molar-refractivity contribution in [2.24, 2.45) is 11.7 Å². The average molecular weight is 321 g/mol. The molecule has 1 atom stereocenters. The molecule has 1 aliphatic rings. The summed E-state index contributed by atoms with van der Waals surface area (Å²) in [7, 11) is 0. The number of hydrogen-bond donors (Lipinski definition) is 2. The number of nitrogens with zero attached hydrogens (tertiary/aromatic N) is 1. The van der Waals surface area contributed by atoms with E-state index in [1.807, 2.05) is 0 Å². The van der Waals surface area contributed by atoms with Crippen molar-refractivity contribution in [2.75, 3.05) is 6.54 Å². The number of nitrogens with one attached hydrogen (secondary N) is 1. The van der Waals surface area contributed by atoms with E-state index in [2.05, 4.69) is 26.2 Å². The van der Waals surface area contributed by atoms with E-state index in [4.69, 9.17) is 5.73 Å². The minimum atomic E-state index is -0.177. The highest BCUT2D eigenvalue weighted by molar-refractivity contribution is 9.10. The second-order valence-corrected chi connectivity index (χ2v) is 4.90. The van der Waals surface area contributed by atoms with Crippen molar-refractivity contribution in [1.82, 2.24) is 10.3 Å². The number of amides is 1.